The van der Waals surface area contributed by atoms with Crippen LogP contribution >= 0.6 is 0 Å². The van der Waals surface area contributed by atoms with Crippen molar-refractivity contribution in [2.45, 2.75) is 26.2 Å². The molecule has 0 amide bonds. The van der Waals surface area contributed by atoms with Crippen LogP contribution in [-0.4, -0.2) is 57.5 Å². The lowest BCUT2D eigenvalue weighted by Crippen LogP contribution is -2.30. The van der Waals surface area contributed by atoms with Gasteiger partial charge in [0.25, 0.3) is 0 Å². The predicted molar refractivity (Wildman–Crippen MR) is 86.2 cm³/mol. The summed E-state index contributed by atoms with van der Waals surface area (Å²) in [5.41, 5.74) is 0. The second kappa shape index (κ2) is 9.52. The molecule has 6 heteroatoms. The Bertz CT molecular complexity index is 413. The van der Waals surface area contributed by atoms with Crippen LogP contribution in [-0.2, 0) is 9.47 Å². The Morgan fingerprint density at radius 2 is 1.86 bits per heavy atom. The van der Waals surface area contributed by atoms with Gasteiger partial charge in [-0.2, -0.15) is 0 Å². The van der Waals surface area contributed by atoms with E-state index in [0.717, 1.165) is 43.6 Å². The first-order valence-corrected chi connectivity index (χ1v) is 7.42. The standard InChI is InChI=1S/C15H28N4O2/c1-12(2)15-17-13(16-3)11-14(18-15)19(8-10-21-5)7-6-9-20-4/h11-12H,6-10H2,1-5H3,(H,16,17,18). The van der Waals surface area contributed by atoms with E-state index in [-0.39, 0.29) is 0 Å². The monoisotopic (exact) mass is 296 g/mol. The number of anilines is 2. The fraction of sp³-hybridized carbons (Fsp3) is 0.733. The van der Waals surface area contributed by atoms with Gasteiger partial charge in [0.1, 0.15) is 17.5 Å². The molecule has 0 aliphatic heterocycles. The van der Waals surface area contributed by atoms with Gasteiger partial charge in [0.2, 0.25) is 0 Å². The van der Waals surface area contributed by atoms with Crippen molar-refractivity contribution < 1.29 is 9.47 Å². The molecule has 0 aliphatic carbocycles. The zero-order chi connectivity index (χ0) is 15.7. The molecule has 0 bridgehead atoms. The molecule has 0 saturated carbocycles. The maximum absolute atomic E-state index is 5.20. The summed E-state index contributed by atoms with van der Waals surface area (Å²) in [6.45, 7) is 7.30. The van der Waals surface area contributed by atoms with Crippen molar-refractivity contribution in [3.8, 4) is 0 Å². The Balaban J connectivity index is 2.94. The predicted octanol–water partition coefficient (Wildman–Crippen LogP) is 2.13. The lowest BCUT2D eigenvalue weighted by atomic mass is 10.2. The molecular formula is C15H28N4O2. The molecule has 21 heavy (non-hydrogen) atoms. The molecule has 0 aromatic carbocycles. The highest BCUT2D eigenvalue weighted by Gasteiger charge is 2.13. The van der Waals surface area contributed by atoms with Crippen molar-refractivity contribution in [2.75, 3.05) is 57.8 Å². The van der Waals surface area contributed by atoms with Gasteiger partial charge in [0, 0.05) is 52.9 Å². The summed E-state index contributed by atoms with van der Waals surface area (Å²) in [5.74, 6) is 2.93. The van der Waals surface area contributed by atoms with Crippen LogP contribution in [0.4, 0.5) is 11.6 Å². The SMILES string of the molecule is CNc1cc(N(CCCOC)CCOC)nc(C(C)C)n1. The van der Waals surface area contributed by atoms with E-state index in [0.29, 0.717) is 12.5 Å². The highest BCUT2D eigenvalue weighted by atomic mass is 16.5. The van der Waals surface area contributed by atoms with Gasteiger partial charge in [-0.3, -0.25) is 0 Å². The Kier molecular flexibility index (Phi) is 8.00. The van der Waals surface area contributed by atoms with Crippen molar-refractivity contribution in [3.05, 3.63) is 11.9 Å². The largest absolute Gasteiger partial charge is 0.385 e. The number of hydrogen-bond donors (Lipinski definition) is 1. The van der Waals surface area contributed by atoms with Crippen LogP contribution in [0.1, 0.15) is 32.0 Å². The summed E-state index contributed by atoms with van der Waals surface area (Å²) in [4.78, 5) is 11.4. The first kappa shape index (κ1) is 17.7. The van der Waals surface area contributed by atoms with Crippen LogP contribution in [0.5, 0.6) is 0 Å². The number of nitrogens with zero attached hydrogens (tertiary/aromatic N) is 3. The number of hydrogen-bond acceptors (Lipinski definition) is 6. The summed E-state index contributed by atoms with van der Waals surface area (Å²) < 4.78 is 10.3. The maximum Gasteiger partial charge on any atom is 0.135 e. The van der Waals surface area contributed by atoms with Crippen LogP contribution in [0.2, 0.25) is 0 Å². The first-order valence-electron chi connectivity index (χ1n) is 7.42. The summed E-state index contributed by atoms with van der Waals surface area (Å²) in [6.07, 6.45) is 0.954. The fourth-order valence-corrected chi connectivity index (χ4v) is 1.94. The average Bonchev–Trinajstić information content (AvgIpc) is 2.50. The molecule has 1 rings (SSSR count). The molecule has 120 valence electrons. The molecule has 1 aromatic heterocycles. The van der Waals surface area contributed by atoms with Crippen LogP contribution in [0.3, 0.4) is 0 Å². The van der Waals surface area contributed by atoms with E-state index in [2.05, 4.69) is 29.0 Å². The molecular weight excluding hydrogens is 268 g/mol. The van der Waals surface area contributed by atoms with Gasteiger partial charge < -0.3 is 19.7 Å². The van der Waals surface area contributed by atoms with E-state index in [1.54, 1.807) is 14.2 Å². The van der Waals surface area contributed by atoms with Gasteiger partial charge in [-0.1, -0.05) is 13.8 Å². The highest BCUT2D eigenvalue weighted by Crippen LogP contribution is 2.20. The van der Waals surface area contributed by atoms with Gasteiger partial charge >= 0.3 is 0 Å². The minimum Gasteiger partial charge on any atom is -0.385 e. The third-order valence-electron chi connectivity index (χ3n) is 3.17. The van der Waals surface area contributed by atoms with Crippen LogP contribution in [0.15, 0.2) is 6.07 Å². The molecule has 6 nitrogen and oxygen atoms in total. The Hall–Kier alpha value is -1.40. The van der Waals surface area contributed by atoms with Crippen molar-refractivity contribution >= 4 is 11.6 Å². The molecule has 0 atom stereocenters. The van der Waals surface area contributed by atoms with E-state index in [1.807, 2.05) is 13.1 Å². The lowest BCUT2D eigenvalue weighted by Gasteiger charge is -2.24. The zero-order valence-electron chi connectivity index (χ0n) is 13.8. The van der Waals surface area contributed by atoms with Crippen LogP contribution in [0, 0.1) is 0 Å². The maximum atomic E-state index is 5.20. The summed E-state index contributed by atoms with van der Waals surface area (Å²) in [6, 6.07) is 1.98. The number of ether oxygens (including phenoxy) is 2. The number of methoxy groups -OCH3 is 2. The van der Waals surface area contributed by atoms with E-state index in [9.17, 15) is 0 Å². The minimum atomic E-state index is 0.292. The third-order valence-corrected chi connectivity index (χ3v) is 3.17. The van der Waals surface area contributed by atoms with Gasteiger partial charge in [0.15, 0.2) is 0 Å². The average molecular weight is 296 g/mol. The normalized spacial score (nSPS) is 11.0. The Morgan fingerprint density at radius 1 is 1.14 bits per heavy atom. The molecule has 0 spiro atoms. The van der Waals surface area contributed by atoms with Crippen molar-refractivity contribution in [1.29, 1.82) is 0 Å². The van der Waals surface area contributed by atoms with Crippen molar-refractivity contribution in [1.82, 2.24) is 9.97 Å². The Labute approximate surface area is 127 Å². The molecule has 0 unspecified atom stereocenters. The smallest absolute Gasteiger partial charge is 0.135 e. The topological polar surface area (TPSA) is 59.5 Å². The van der Waals surface area contributed by atoms with Gasteiger partial charge in [-0.15, -0.1) is 0 Å². The second-order valence-corrected chi connectivity index (χ2v) is 5.20. The molecule has 0 fully saturated rings. The number of aromatic nitrogens is 2. The summed E-state index contributed by atoms with van der Waals surface area (Å²) >= 11 is 0. The first-order chi connectivity index (χ1) is 10.1. The zero-order valence-corrected chi connectivity index (χ0v) is 13.8. The third kappa shape index (κ3) is 5.85. The molecule has 1 N–H and O–H groups in total. The van der Waals surface area contributed by atoms with Crippen molar-refractivity contribution in [2.24, 2.45) is 0 Å². The van der Waals surface area contributed by atoms with Gasteiger partial charge in [0.05, 0.1) is 6.61 Å². The number of nitrogens with one attached hydrogen (secondary N) is 1. The van der Waals surface area contributed by atoms with Gasteiger partial charge in [-0.05, 0) is 6.42 Å². The van der Waals surface area contributed by atoms with E-state index >= 15 is 0 Å². The summed E-state index contributed by atoms with van der Waals surface area (Å²) in [7, 11) is 5.31. The molecule has 0 radical (unpaired) electrons. The minimum absolute atomic E-state index is 0.292. The fourth-order valence-electron chi connectivity index (χ4n) is 1.94. The quantitative estimate of drug-likeness (QED) is 0.668. The molecule has 0 aliphatic rings. The second-order valence-electron chi connectivity index (χ2n) is 5.20. The molecule has 1 aromatic rings. The number of rotatable bonds is 10. The Morgan fingerprint density at radius 3 is 2.43 bits per heavy atom. The van der Waals surface area contributed by atoms with Gasteiger partial charge in [-0.25, -0.2) is 9.97 Å². The van der Waals surface area contributed by atoms with Crippen LogP contribution < -0.4 is 10.2 Å². The highest BCUT2D eigenvalue weighted by molar-refractivity contribution is 5.49. The van der Waals surface area contributed by atoms with E-state index in [1.165, 1.54) is 0 Å². The van der Waals surface area contributed by atoms with Crippen LogP contribution in [0.25, 0.3) is 0 Å². The van der Waals surface area contributed by atoms with E-state index in [4.69, 9.17) is 14.5 Å². The molecule has 0 saturated heterocycles. The van der Waals surface area contributed by atoms with E-state index < -0.39 is 0 Å². The summed E-state index contributed by atoms with van der Waals surface area (Å²) in [5, 5.41) is 3.11. The van der Waals surface area contributed by atoms with Crippen molar-refractivity contribution in [3.63, 3.8) is 0 Å². The molecule has 1 heterocycles. The lowest BCUT2D eigenvalue weighted by molar-refractivity contribution is 0.191.